The lowest BCUT2D eigenvalue weighted by atomic mass is 10.0. The fraction of sp³-hybridized carbons (Fsp3) is 0.387. The van der Waals surface area contributed by atoms with E-state index in [4.69, 9.17) is 4.74 Å². The summed E-state index contributed by atoms with van der Waals surface area (Å²) in [4.78, 5) is 20.3. The Morgan fingerprint density at radius 3 is 2.41 bits per heavy atom. The maximum Gasteiger partial charge on any atom is 0.410 e. The van der Waals surface area contributed by atoms with Gasteiger partial charge in [-0.15, -0.1) is 4.40 Å². The number of anilines is 2. The lowest BCUT2D eigenvalue weighted by Gasteiger charge is -2.43. The number of para-hydroxylation sites is 1. The molecule has 1 N–H and O–H groups in total. The molecule has 1 amide bonds. The molecule has 0 spiro atoms. The van der Waals surface area contributed by atoms with E-state index in [1.54, 1.807) is 56.9 Å². The molecule has 0 radical (unpaired) electrons. The minimum atomic E-state index is -4.52. The first kappa shape index (κ1) is 31.2. The molecule has 234 valence electrons. The van der Waals surface area contributed by atoms with Crippen LogP contribution in [0.2, 0.25) is 0 Å². The van der Waals surface area contributed by atoms with E-state index in [2.05, 4.69) is 9.38 Å². The fourth-order valence-electron chi connectivity index (χ4n) is 5.40. The molecular formula is C31H35F2N5O5S. The largest absolute Gasteiger partial charge is 0.507 e. The standard InChI is InChI=1S/C31H35F2N5O5S/c1-18(2)20-10-7-8-12-24(20)38-28-21(16-23(33)27(34-28)26-22(32)11-9-13-25(26)39)29(35-44(38,41)42)37-15-14-36(17-19(37)3)30(40)43-31(4,5)6/h7-13,16,18-19,39H,14-15,17H2,1-6H3/t19-/m0/s1. The number of amidine groups is 1. The van der Waals surface area contributed by atoms with Crippen molar-refractivity contribution in [3.63, 3.8) is 0 Å². The summed E-state index contributed by atoms with van der Waals surface area (Å²) in [5.74, 6) is -2.80. The Balaban J connectivity index is 1.67. The SMILES string of the molecule is CC(C)c1ccccc1N1c2nc(-c3c(O)cccc3F)c(F)cc2C(N2CCN(C(=O)OC(C)(C)C)C[C@@H]2C)=NS1(=O)=O. The summed E-state index contributed by atoms with van der Waals surface area (Å²) < 4.78 is 69.5. The molecule has 1 saturated heterocycles. The minimum absolute atomic E-state index is 0.0506. The molecule has 1 aromatic heterocycles. The molecule has 13 heteroatoms. The molecule has 5 rings (SSSR count). The summed E-state index contributed by atoms with van der Waals surface area (Å²) >= 11 is 0. The Morgan fingerprint density at radius 2 is 1.77 bits per heavy atom. The van der Waals surface area contributed by atoms with Crippen molar-refractivity contribution in [2.45, 2.75) is 59.1 Å². The number of hydrogen-bond donors (Lipinski definition) is 1. The molecule has 3 aromatic rings. The van der Waals surface area contributed by atoms with Crippen molar-refractivity contribution < 1.29 is 31.8 Å². The van der Waals surface area contributed by atoms with Crippen LogP contribution in [0.3, 0.4) is 0 Å². The van der Waals surface area contributed by atoms with Gasteiger partial charge in [0.2, 0.25) is 0 Å². The van der Waals surface area contributed by atoms with Crippen molar-refractivity contribution in [2.24, 2.45) is 4.40 Å². The molecule has 2 aliphatic rings. The lowest BCUT2D eigenvalue weighted by Crippen LogP contribution is -2.57. The van der Waals surface area contributed by atoms with Crippen LogP contribution >= 0.6 is 0 Å². The molecule has 0 aliphatic carbocycles. The minimum Gasteiger partial charge on any atom is -0.507 e. The van der Waals surface area contributed by atoms with Crippen LogP contribution in [-0.4, -0.2) is 71.5 Å². The van der Waals surface area contributed by atoms with Gasteiger partial charge in [-0.1, -0.05) is 38.1 Å². The van der Waals surface area contributed by atoms with E-state index in [0.717, 1.165) is 16.4 Å². The number of aromatic nitrogens is 1. The van der Waals surface area contributed by atoms with Crippen LogP contribution in [-0.2, 0) is 14.9 Å². The zero-order valence-corrected chi connectivity index (χ0v) is 26.2. The highest BCUT2D eigenvalue weighted by molar-refractivity contribution is 7.92. The highest BCUT2D eigenvalue weighted by atomic mass is 32.2. The number of benzene rings is 2. The molecule has 1 fully saturated rings. The molecular weight excluding hydrogens is 592 g/mol. The van der Waals surface area contributed by atoms with Gasteiger partial charge in [-0.05, 0) is 63.4 Å². The second kappa shape index (κ2) is 11.3. The van der Waals surface area contributed by atoms with Crippen molar-refractivity contribution in [2.75, 3.05) is 23.9 Å². The molecule has 44 heavy (non-hydrogen) atoms. The average molecular weight is 628 g/mol. The van der Waals surface area contributed by atoms with Crippen LogP contribution in [0.4, 0.5) is 25.1 Å². The van der Waals surface area contributed by atoms with E-state index in [0.29, 0.717) is 5.56 Å². The molecule has 2 aromatic carbocycles. The highest BCUT2D eigenvalue weighted by Gasteiger charge is 2.41. The topological polar surface area (TPSA) is 116 Å². The maximum absolute atomic E-state index is 15.9. The molecule has 0 saturated carbocycles. The number of nitrogens with zero attached hydrogens (tertiary/aromatic N) is 5. The summed E-state index contributed by atoms with van der Waals surface area (Å²) in [6, 6.07) is 11.0. The van der Waals surface area contributed by atoms with Gasteiger partial charge in [0.25, 0.3) is 0 Å². The number of piperazine rings is 1. The van der Waals surface area contributed by atoms with E-state index in [1.165, 1.54) is 17.0 Å². The second-order valence-electron chi connectivity index (χ2n) is 12.2. The van der Waals surface area contributed by atoms with Gasteiger partial charge < -0.3 is 19.6 Å². The van der Waals surface area contributed by atoms with Crippen LogP contribution in [0.25, 0.3) is 11.3 Å². The first-order chi connectivity index (χ1) is 20.6. The summed E-state index contributed by atoms with van der Waals surface area (Å²) in [5, 5.41) is 10.5. The van der Waals surface area contributed by atoms with Crippen molar-refractivity contribution in [3.8, 4) is 17.0 Å². The van der Waals surface area contributed by atoms with Gasteiger partial charge in [0.05, 0.1) is 16.8 Å². The van der Waals surface area contributed by atoms with E-state index in [1.807, 2.05) is 13.8 Å². The van der Waals surface area contributed by atoms with Gasteiger partial charge >= 0.3 is 16.3 Å². The van der Waals surface area contributed by atoms with Gasteiger partial charge in [0.1, 0.15) is 22.9 Å². The van der Waals surface area contributed by atoms with Gasteiger partial charge in [0, 0.05) is 25.7 Å². The highest BCUT2D eigenvalue weighted by Crippen LogP contribution is 2.43. The second-order valence-corrected chi connectivity index (χ2v) is 13.6. The Bertz CT molecular complexity index is 1740. The zero-order chi connectivity index (χ0) is 32.1. The van der Waals surface area contributed by atoms with Gasteiger partial charge in [-0.2, -0.15) is 8.42 Å². The Kier molecular flexibility index (Phi) is 8.04. The first-order valence-corrected chi connectivity index (χ1v) is 15.7. The quantitative estimate of drug-likeness (QED) is 0.382. The molecule has 10 nitrogen and oxygen atoms in total. The number of pyridine rings is 1. The summed E-state index contributed by atoms with van der Waals surface area (Å²) in [6.07, 6.45) is -0.499. The van der Waals surface area contributed by atoms with Crippen LogP contribution in [0.5, 0.6) is 5.75 Å². The number of rotatable bonds is 3. The van der Waals surface area contributed by atoms with Crippen LogP contribution in [0.15, 0.2) is 52.9 Å². The maximum atomic E-state index is 15.9. The van der Waals surface area contributed by atoms with Crippen molar-refractivity contribution in [1.82, 2.24) is 14.8 Å². The van der Waals surface area contributed by atoms with Crippen molar-refractivity contribution >= 4 is 33.6 Å². The number of ether oxygens (including phenoxy) is 1. The van der Waals surface area contributed by atoms with Crippen molar-refractivity contribution in [1.29, 1.82) is 0 Å². The lowest BCUT2D eigenvalue weighted by molar-refractivity contribution is 0.0134. The number of hydrogen-bond acceptors (Lipinski definition) is 7. The van der Waals surface area contributed by atoms with Gasteiger partial charge in [0.15, 0.2) is 17.5 Å². The summed E-state index contributed by atoms with van der Waals surface area (Å²) in [6.45, 7) is 11.5. The van der Waals surface area contributed by atoms with Crippen LogP contribution in [0, 0.1) is 11.6 Å². The first-order valence-electron chi connectivity index (χ1n) is 14.3. The third-order valence-corrected chi connectivity index (χ3v) is 8.61. The fourth-order valence-corrected chi connectivity index (χ4v) is 6.68. The van der Waals surface area contributed by atoms with Gasteiger partial charge in [-0.25, -0.2) is 22.9 Å². The Hall–Kier alpha value is -4.26. The third-order valence-electron chi connectivity index (χ3n) is 7.38. The van der Waals surface area contributed by atoms with Crippen molar-refractivity contribution in [3.05, 3.63) is 71.3 Å². The molecule has 1 atom stereocenters. The summed E-state index contributed by atoms with van der Waals surface area (Å²) in [7, 11) is -4.52. The third kappa shape index (κ3) is 5.80. The predicted molar refractivity (Wildman–Crippen MR) is 163 cm³/mol. The van der Waals surface area contributed by atoms with Crippen LogP contribution in [0.1, 0.15) is 58.6 Å². The smallest absolute Gasteiger partial charge is 0.410 e. The van der Waals surface area contributed by atoms with E-state index in [9.17, 15) is 22.7 Å². The van der Waals surface area contributed by atoms with E-state index in [-0.39, 0.29) is 48.5 Å². The molecule has 0 unspecified atom stereocenters. The Morgan fingerprint density at radius 1 is 1.07 bits per heavy atom. The monoisotopic (exact) mass is 627 g/mol. The number of amides is 1. The predicted octanol–water partition coefficient (Wildman–Crippen LogP) is 5.94. The van der Waals surface area contributed by atoms with Crippen LogP contribution < -0.4 is 4.31 Å². The molecule has 0 bridgehead atoms. The van der Waals surface area contributed by atoms with Gasteiger partial charge in [-0.3, -0.25) is 0 Å². The van der Waals surface area contributed by atoms with E-state index >= 15 is 4.39 Å². The number of fused-ring (bicyclic) bond motifs is 1. The molecule has 3 heterocycles. The number of phenols is 1. The average Bonchev–Trinajstić information content (AvgIpc) is 2.92. The number of carbonyl (C=O) groups excluding carboxylic acids is 1. The summed E-state index contributed by atoms with van der Waals surface area (Å²) in [5.41, 5.74) is -0.746. The zero-order valence-electron chi connectivity index (χ0n) is 25.4. The number of halogens is 2. The van der Waals surface area contributed by atoms with E-state index < -0.39 is 56.6 Å². The molecule has 2 aliphatic heterocycles. The number of carbonyl (C=O) groups is 1. The Labute approximate surface area is 255 Å². The normalized spacial score (nSPS) is 18.2. The number of phenolic OH excluding ortho intramolecular Hbond substituents is 1. The number of aromatic hydroxyl groups is 1.